The Balaban J connectivity index is 1.89. The Labute approximate surface area is 157 Å². The third kappa shape index (κ3) is 5.95. The number of guanidine groups is 1. The topological polar surface area (TPSA) is 42.9 Å². The number of piperidine rings is 1. The molecule has 1 aromatic rings. The van der Waals surface area contributed by atoms with Crippen LogP contribution in [0, 0.1) is 5.82 Å². The van der Waals surface area contributed by atoms with Crippen LogP contribution in [-0.4, -0.2) is 68.6 Å². The molecule has 0 radical (unpaired) electrons. The van der Waals surface area contributed by atoms with Crippen molar-refractivity contribution in [3.63, 3.8) is 0 Å². The lowest BCUT2D eigenvalue weighted by atomic mass is 10.0. The number of hydrogen-bond donors (Lipinski definition) is 2. The van der Waals surface area contributed by atoms with E-state index in [1.54, 1.807) is 19.2 Å². The molecule has 0 aromatic heterocycles. The molecule has 1 aliphatic heterocycles. The Morgan fingerprint density at radius 2 is 2.00 bits per heavy atom. The van der Waals surface area contributed by atoms with E-state index in [-0.39, 0.29) is 11.9 Å². The lowest BCUT2D eigenvalue weighted by Crippen LogP contribution is -2.50. The smallest absolute Gasteiger partial charge is 0.191 e. The highest BCUT2D eigenvalue weighted by Gasteiger charge is 2.22. The maximum Gasteiger partial charge on any atom is 0.191 e. The first-order valence-electron chi connectivity index (χ1n) is 9.53. The predicted molar refractivity (Wildman–Crippen MR) is 107 cm³/mol. The first-order chi connectivity index (χ1) is 12.4. The Bertz CT molecular complexity index is 579. The molecule has 0 amide bonds. The second kappa shape index (κ2) is 9.88. The van der Waals surface area contributed by atoms with Gasteiger partial charge in [0.15, 0.2) is 5.96 Å². The molecule has 26 heavy (non-hydrogen) atoms. The number of halogens is 1. The molecule has 1 aliphatic rings. The van der Waals surface area contributed by atoms with Gasteiger partial charge in [-0.1, -0.05) is 12.1 Å². The average molecular weight is 364 g/mol. The van der Waals surface area contributed by atoms with Crippen molar-refractivity contribution in [2.24, 2.45) is 4.99 Å². The van der Waals surface area contributed by atoms with E-state index in [0.29, 0.717) is 18.6 Å². The summed E-state index contributed by atoms with van der Waals surface area (Å²) >= 11 is 0. The summed E-state index contributed by atoms with van der Waals surface area (Å²) in [6, 6.07) is 7.94. The third-order valence-electron chi connectivity index (χ3n) is 5.14. The van der Waals surface area contributed by atoms with Gasteiger partial charge in [-0.25, -0.2) is 4.39 Å². The van der Waals surface area contributed by atoms with Gasteiger partial charge >= 0.3 is 0 Å². The van der Waals surface area contributed by atoms with Gasteiger partial charge in [0.05, 0.1) is 6.04 Å². The van der Waals surface area contributed by atoms with Gasteiger partial charge < -0.3 is 20.4 Å². The minimum absolute atomic E-state index is 0.0760. The van der Waals surface area contributed by atoms with Crippen molar-refractivity contribution in [3.8, 4) is 0 Å². The summed E-state index contributed by atoms with van der Waals surface area (Å²) in [6.07, 6.45) is 2.25. The molecule has 2 rings (SSSR count). The molecule has 6 heteroatoms. The zero-order valence-electron chi connectivity index (χ0n) is 16.8. The lowest BCUT2D eigenvalue weighted by molar-refractivity contribution is 0.167. The number of rotatable bonds is 6. The number of likely N-dealkylation sites (tertiary alicyclic amines) is 1. The number of nitrogens with one attached hydrogen (secondary N) is 2. The first-order valence-corrected chi connectivity index (χ1v) is 9.53. The fraction of sp³-hybridized carbons (Fsp3) is 0.650. The molecule has 1 heterocycles. The van der Waals surface area contributed by atoms with Crippen LogP contribution in [0.1, 0.15) is 38.3 Å². The Morgan fingerprint density at radius 3 is 2.54 bits per heavy atom. The fourth-order valence-corrected chi connectivity index (χ4v) is 3.45. The summed E-state index contributed by atoms with van der Waals surface area (Å²) in [7, 11) is 5.82. The zero-order valence-corrected chi connectivity index (χ0v) is 16.8. The van der Waals surface area contributed by atoms with Crippen LogP contribution >= 0.6 is 0 Å². The molecule has 1 unspecified atom stereocenters. The van der Waals surface area contributed by atoms with Crippen LogP contribution < -0.4 is 10.6 Å². The van der Waals surface area contributed by atoms with Crippen LogP contribution in [0.15, 0.2) is 29.3 Å². The Kier molecular flexibility index (Phi) is 7.85. The van der Waals surface area contributed by atoms with Gasteiger partial charge in [-0.2, -0.15) is 0 Å². The number of benzene rings is 1. The molecule has 1 atom stereocenters. The largest absolute Gasteiger partial charge is 0.354 e. The SMILES string of the molecule is CN=C(NCC(c1cccc(F)c1)N(C)C)NC1CCN(C(C)C)CC1. The van der Waals surface area contributed by atoms with Gasteiger partial charge in [0.1, 0.15) is 5.82 Å². The van der Waals surface area contributed by atoms with Crippen LogP contribution in [0.2, 0.25) is 0 Å². The van der Waals surface area contributed by atoms with Crippen molar-refractivity contribution in [1.82, 2.24) is 20.4 Å². The van der Waals surface area contributed by atoms with Crippen molar-refractivity contribution in [2.45, 2.75) is 44.8 Å². The van der Waals surface area contributed by atoms with Gasteiger partial charge in [0.2, 0.25) is 0 Å². The van der Waals surface area contributed by atoms with E-state index in [9.17, 15) is 4.39 Å². The maximum atomic E-state index is 13.6. The van der Waals surface area contributed by atoms with Crippen molar-refractivity contribution in [3.05, 3.63) is 35.6 Å². The molecule has 2 N–H and O–H groups in total. The second-order valence-electron chi connectivity index (χ2n) is 7.54. The van der Waals surface area contributed by atoms with Crippen LogP contribution in [0.4, 0.5) is 4.39 Å². The zero-order chi connectivity index (χ0) is 19.1. The van der Waals surface area contributed by atoms with Gasteiger partial charge in [0.25, 0.3) is 0 Å². The molecule has 0 saturated carbocycles. The quantitative estimate of drug-likeness (QED) is 0.602. The third-order valence-corrected chi connectivity index (χ3v) is 5.14. The van der Waals surface area contributed by atoms with Crippen molar-refractivity contribution in [2.75, 3.05) is 40.8 Å². The molecule has 146 valence electrons. The summed E-state index contributed by atoms with van der Waals surface area (Å²) in [6.45, 7) is 7.41. The fourth-order valence-electron chi connectivity index (χ4n) is 3.45. The van der Waals surface area contributed by atoms with Gasteiger partial charge in [-0.15, -0.1) is 0 Å². The van der Waals surface area contributed by atoms with E-state index >= 15 is 0 Å². The van der Waals surface area contributed by atoms with E-state index in [4.69, 9.17) is 0 Å². The first kappa shape index (κ1) is 20.6. The van der Waals surface area contributed by atoms with Crippen molar-refractivity contribution < 1.29 is 4.39 Å². The molecular weight excluding hydrogens is 329 g/mol. The van der Waals surface area contributed by atoms with Gasteiger partial charge in [-0.3, -0.25) is 4.99 Å². The number of likely N-dealkylation sites (N-methyl/N-ethyl adjacent to an activating group) is 1. The van der Waals surface area contributed by atoms with E-state index in [1.807, 2.05) is 20.2 Å². The van der Waals surface area contributed by atoms with Crippen molar-refractivity contribution >= 4 is 5.96 Å². The van der Waals surface area contributed by atoms with Crippen LogP contribution in [0.25, 0.3) is 0 Å². The lowest BCUT2D eigenvalue weighted by Gasteiger charge is -2.35. The molecule has 1 saturated heterocycles. The number of aliphatic imine (C=N–C) groups is 1. The summed E-state index contributed by atoms with van der Waals surface area (Å²) in [4.78, 5) is 8.97. The molecule has 0 aliphatic carbocycles. The van der Waals surface area contributed by atoms with Crippen LogP contribution in [0.5, 0.6) is 0 Å². The minimum Gasteiger partial charge on any atom is -0.354 e. The Hall–Kier alpha value is -1.66. The Morgan fingerprint density at radius 1 is 1.31 bits per heavy atom. The highest BCUT2D eigenvalue weighted by atomic mass is 19.1. The summed E-state index contributed by atoms with van der Waals surface area (Å²) < 4.78 is 13.6. The van der Waals surface area contributed by atoms with Gasteiger partial charge in [-0.05, 0) is 58.5 Å². The molecule has 0 spiro atoms. The second-order valence-corrected chi connectivity index (χ2v) is 7.54. The van der Waals surface area contributed by atoms with E-state index in [0.717, 1.165) is 37.5 Å². The predicted octanol–water partition coefficient (Wildman–Crippen LogP) is 2.47. The molecule has 1 aromatic carbocycles. The molecule has 1 fully saturated rings. The molecule has 0 bridgehead atoms. The summed E-state index contributed by atoms with van der Waals surface area (Å²) in [5.41, 5.74) is 0.961. The average Bonchev–Trinajstić information content (AvgIpc) is 2.61. The van der Waals surface area contributed by atoms with E-state index in [1.165, 1.54) is 6.07 Å². The molecule has 5 nitrogen and oxygen atoms in total. The monoisotopic (exact) mass is 363 g/mol. The highest BCUT2D eigenvalue weighted by molar-refractivity contribution is 5.80. The molecular formula is C20H34FN5. The van der Waals surface area contributed by atoms with E-state index < -0.39 is 0 Å². The summed E-state index contributed by atoms with van der Waals surface area (Å²) in [5.74, 6) is 0.616. The van der Waals surface area contributed by atoms with Crippen molar-refractivity contribution in [1.29, 1.82) is 0 Å². The highest BCUT2D eigenvalue weighted by Crippen LogP contribution is 2.18. The van der Waals surface area contributed by atoms with E-state index in [2.05, 4.69) is 39.3 Å². The van der Waals surface area contributed by atoms with Gasteiger partial charge in [0, 0.05) is 38.8 Å². The normalized spacial score (nSPS) is 18.4. The number of nitrogens with zero attached hydrogens (tertiary/aromatic N) is 3. The van der Waals surface area contributed by atoms with Crippen LogP contribution in [0.3, 0.4) is 0 Å². The maximum absolute atomic E-state index is 13.6. The summed E-state index contributed by atoms with van der Waals surface area (Å²) in [5, 5.41) is 6.95. The minimum atomic E-state index is -0.200. The number of hydrogen-bond acceptors (Lipinski definition) is 3. The standard InChI is InChI=1S/C20H34FN5/c1-15(2)26-11-9-18(10-12-26)24-20(22-3)23-14-19(25(4)5)16-7-6-8-17(21)13-16/h6-8,13,15,18-19H,9-12,14H2,1-5H3,(H2,22,23,24). The van der Waals surface area contributed by atoms with Crippen LogP contribution in [-0.2, 0) is 0 Å².